The molecule has 7 heteroatoms. The van der Waals surface area contributed by atoms with Crippen molar-refractivity contribution >= 4 is 17.6 Å². The lowest BCUT2D eigenvalue weighted by atomic mass is 10.2. The van der Waals surface area contributed by atoms with Crippen LogP contribution in [0.3, 0.4) is 0 Å². The molecule has 0 atom stereocenters. The predicted octanol–water partition coefficient (Wildman–Crippen LogP) is 2.83. The number of nitrogens with one attached hydrogen (secondary N) is 2. The first-order valence-corrected chi connectivity index (χ1v) is 8.76. The van der Waals surface area contributed by atoms with E-state index < -0.39 is 0 Å². The number of benzene rings is 1. The summed E-state index contributed by atoms with van der Waals surface area (Å²) in [5, 5.41) is 11.4. The number of aromatic nitrogens is 3. The average molecular weight is 369 g/mol. The lowest BCUT2D eigenvalue weighted by Crippen LogP contribution is -2.37. The summed E-state index contributed by atoms with van der Waals surface area (Å²) >= 11 is 5.80. The topological polar surface area (TPSA) is 67.1 Å². The lowest BCUT2D eigenvalue weighted by molar-refractivity contribution is 0.792. The van der Waals surface area contributed by atoms with Gasteiger partial charge in [-0.25, -0.2) is 9.67 Å². The van der Waals surface area contributed by atoms with Crippen LogP contribution in [-0.4, -0.2) is 34.3 Å². The Morgan fingerprint density at radius 1 is 1.12 bits per heavy atom. The van der Waals surface area contributed by atoms with E-state index in [4.69, 9.17) is 11.6 Å². The standard InChI is InChI=1S/C19H21ClN6/c1-21-19(22-11-9-16-5-8-18(20)23-13-16)24-14-15-3-6-17(7-4-15)26-12-2-10-25-26/h2-8,10,12-13H,9,11,14H2,1H3,(H2,21,22,24). The summed E-state index contributed by atoms with van der Waals surface area (Å²) in [5.74, 6) is 0.767. The van der Waals surface area contributed by atoms with Crippen molar-refractivity contribution in [2.45, 2.75) is 13.0 Å². The molecule has 26 heavy (non-hydrogen) atoms. The van der Waals surface area contributed by atoms with Crippen LogP contribution in [0.1, 0.15) is 11.1 Å². The zero-order chi connectivity index (χ0) is 18.2. The highest BCUT2D eigenvalue weighted by atomic mass is 35.5. The smallest absolute Gasteiger partial charge is 0.191 e. The number of halogens is 1. The molecule has 2 N–H and O–H groups in total. The molecule has 2 aromatic heterocycles. The van der Waals surface area contributed by atoms with Crippen LogP contribution < -0.4 is 10.6 Å². The van der Waals surface area contributed by atoms with Gasteiger partial charge in [-0.1, -0.05) is 29.8 Å². The van der Waals surface area contributed by atoms with Gasteiger partial charge in [0.15, 0.2) is 5.96 Å². The van der Waals surface area contributed by atoms with Crippen molar-refractivity contribution in [2.75, 3.05) is 13.6 Å². The van der Waals surface area contributed by atoms with Gasteiger partial charge in [-0.05, 0) is 41.8 Å². The number of hydrogen-bond acceptors (Lipinski definition) is 3. The molecule has 0 bridgehead atoms. The maximum absolute atomic E-state index is 5.80. The largest absolute Gasteiger partial charge is 0.356 e. The molecule has 0 radical (unpaired) electrons. The zero-order valence-electron chi connectivity index (χ0n) is 14.6. The van der Waals surface area contributed by atoms with Gasteiger partial charge in [-0.3, -0.25) is 4.99 Å². The minimum atomic E-state index is 0.512. The molecule has 3 aromatic rings. The number of aliphatic imine (C=N–C) groups is 1. The van der Waals surface area contributed by atoms with E-state index in [9.17, 15) is 0 Å². The van der Waals surface area contributed by atoms with Gasteiger partial charge in [-0.15, -0.1) is 0 Å². The molecule has 1 aromatic carbocycles. The normalized spacial score (nSPS) is 11.4. The van der Waals surface area contributed by atoms with Crippen molar-refractivity contribution in [3.63, 3.8) is 0 Å². The van der Waals surface area contributed by atoms with Crippen molar-refractivity contribution in [3.8, 4) is 5.69 Å². The van der Waals surface area contributed by atoms with E-state index in [2.05, 4.69) is 37.8 Å². The molecule has 0 fully saturated rings. The molecule has 6 nitrogen and oxygen atoms in total. The zero-order valence-corrected chi connectivity index (χ0v) is 15.3. The Kier molecular flexibility index (Phi) is 6.22. The molecule has 0 aliphatic rings. The minimum Gasteiger partial charge on any atom is -0.356 e. The van der Waals surface area contributed by atoms with Crippen LogP contribution in [-0.2, 0) is 13.0 Å². The van der Waals surface area contributed by atoms with Gasteiger partial charge in [0.25, 0.3) is 0 Å². The molecule has 3 rings (SSSR count). The highest BCUT2D eigenvalue weighted by Crippen LogP contribution is 2.08. The third-order valence-electron chi connectivity index (χ3n) is 3.88. The Bertz CT molecular complexity index is 825. The third-order valence-corrected chi connectivity index (χ3v) is 4.11. The maximum Gasteiger partial charge on any atom is 0.191 e. The van der Waals surface area contributed by atoms with Gasteiger partial charge < -0.3 is 10.6 Å². The van der Waals surface area contributed by atoms with Crippen LogP contribution in [0, 0.1) is 0 Å². The van der Waals surface area contributed by atoms with Gasteiger partial charge >= 0.3 is 0 Å². The predicted molar refractivity (Wildman–Crippen MR) is 105 cm³/mol. The first-order chi connectivity index (χ1) is 12.7. The van der Waals surface area contributed by atoms with Crippen molar-refractivity contribution in [1.82, 2.24) is 25.4 Å². The summed E-state index contributed by atoms with van der Waals surface area (Å²) in [6.07, 6.45) is 6.34. The molecule has 0 spiro atoms. The van der Waals surface area contributed by atoms with Gasteiger partial charge in [0.05, 0.1) is 5.69 Å². The van der Waals surface area contributed by atoms with Crippen LogP contribution in [0.2, 0.25) is 5.15 Å². The molecular formula is C19H21ClN6. The van der Waals surface area contributed by atoms with E-state index in [1.807, 2.05) is 35.1 Å². The molecule has 2 heterocycles. The average Bonchev–Trinajstić information content (AvgIpc) is 3.21. The Balaban J connectivity index is 1.45. The second-order valence-electron chi connectivity index (χ2n) is 5.71. The quantitative estimate of drug-likeness (QED) is 0.399. The minimum absolute atomic E-state index is 0.512. The fourth-order valence-corrected chi connectivity index (χ4v) is 2.59. The van der Waals surface area contributed by atoms with E-state index in [0.29, 0.717) is 11.7 Å². The molecule has 0 aliphatic carbocycles. The van der Waals surface area contributed by atoms with Crippen molar-refractivity contribution in [1.29, 1.82) is 0 Å². The highest BCUT2D eigenvalue weighted by molar-refractivity contribution is 6.29. The summed E-state index contributed by atoms with van der Waals surface area (Å²) in [5.41, 5.74) is 3.34. The van der Waals surface area contributed by atoms with Crippen LogP contribution in [0.25, 0.3) is 5.69 Å². The molecular weight excluding hydrogens is 348 g/mol. The first-order valence-electron chi connectivity index (χ1n) is 8.38. The van der Waals surface area contributed by atoms with E-state index in [1.54, 1.807) is 25.5 Å². The Morgan fingerprint density at radius 3 is 2.58 bits per heavy atom. The second kappa shape index (κ2) is 9.01. The Morgan fingerprint density at radius 2 is 1.92 bits per heavy atom. The second-order valence-corrected chi connectivity index (χ2v) is 6.10. The SMILES string of the molecule is CN=C(NCCc1ccc(Cl)nc1)NCc1ccc(-n2cccn2)cc1. The Hall–Kier alpha value is -2.86. The van der Waals surface area contributed by atoms with Crippen LogP contribution in [0.5, 0.6) is 0 Å². The maximum atomic E-state index is 5.80. The van der Waals surface area contributed by atoms with E-state index in [0.717, 1.165) is 30.2 Å². The van der Waals surface area contributed by atoms with E-state index in [1.165, 1.54) is 5.56 Å². The van der Waals surface area contributed by atoms with Crippen LogP contribution in [0.4, 0.5) is 0 Å². The molecule has 0 aliphatic heterocycles. The summed E-state index contributed by atoms with van der Waals surface area (Å²) in [6.45, 7) is 1.46. The van der Waals surface area contributed by atoms with Gasteiger partial charge in [0.1, 0.15) is 5.15 Å². The summed E-state index contributed by atoms with van der Waals surface area (Å²) in [7, 11) is 1.76. The third kappa shape index (κ3) is 5.07. The monoisotopic (exact) mass is 368 g/mol. The fourth-order valence-electron chi connectivity index (χ4n) is 2.47. The number of guanidine groups is 1. The van der Waals surface area contributed by atoms with Crippen molar-refractivity contribution in [2.24, 2.45) is 4.99 Å². The van der Waals surface area contributed by atoms with Crippen molar-refractivity contribution in [3.05, 3.63) is 77.3 Å². The van der Waals surface area contributed by atoms with Gasteiger partial charge in [0.2, 0.25) is 0 Å². The van der Waals surface area contributed by atoms with Crippen LogP contribution in [0.15, 0.2) is 66.0 Å². The van der Waals surface area contributed by atoms with E-state index >= 15 is 0 Å². The number of hydrogen-bond donors (Lipinski definition) is 2. The first kappa shape index (κ1) is 17.9. The van der Waals surface area contributed by atoms with E-state index in [-0.39, 0.29) is 0 Å². The van der Waals surface area contributed by atoms with Crippen molar-refractivity contribution < 1.29 is 0 Å². The molecule has 0 amide bonds. The number of rotatable bonds is 6. The number of nitrogens with zero attached hydrogens (tertiary/aromatic N) is 4. The molecule has 0 saturated carbocycles. The molecule has 134 valence electrons. The van der Waals surface area contributed by atoms with Gasteiger partial charge in [-0.2, -0.15) is 5.10 Å². The molecule has 0 saturated heterocycles. The van der Waals surface area contributed by atoms with Crippen LogP contribution >= 0.6 is 11.6 Å². The molecule has 0 unspecified atom stereocenters. The summed E-state index contributed by atoms with van der Waals surface area (Å²) in [4.78, 5) is 8.33. The Labute approximate surface area is 157 Å². The number of pyridine rings is 1. The summed E-state index contributed by atoms with van der Waals surface area (Å²) < 4.78 is 1.84. The highest BCUT2D eigenvalue weighted by Gasteiger charge is 2.01. The lowest BCUT2D eigenvalue weighted by Gasteiger charge is -2.12. The fraction of sp³-hybridized carbons (Fsp3) is 0.211. The van der Waals surface area contributed by atoms with Gasteiger partial charge in [0, 0.05) is 38.7 Å². The summed E-state index contributed by atoms with van der Waals surface area (Å²) in [6, 6.07) is 13.9.